The third-order valence-corrected chi connectivity index (χ3v) is 2.24. The molecule has 1 aromatic carbocycles. The van der Waals surface area contributed by atoms with Gasteiger partial charge >= 0.3 is 0 Å². The van der Waals surface area contributed by atoms with E-state index in [9.17, 15) is 0 Å². The first-order valence-electron chi connectivity index (χ1n) is 6.73. The van der Waals surface area contributed by atoms with Gasteiger partial charge in [0.05, 0.1) is 0 Å². The topological polar surface area (TPSA) is 0 Å². The Kier molecular flexibility index (Phi) is 4.49. The highest BCUT2D eigenvalue weighted by molar-refractivity contribution is 5.47. The maximum atomic E-state index is 3.27. The molecule has 0 nitrogen and oxygen atoms in total. The van der Waals surface area contributed by atoms with Gasteiger partial charge in [0.15, 0.2) is 0 Å². The molecule has 0 unspecified atom stereocenters. The SMILES string of the molecule is Cc1cc(C#CC(C)(C)C)cc(C#CC(C)(C)C)c1. The van der Waals surface area contributed by atoms with Crippen molar-refractivity contribution in [3.63, 3.8) is 0 Å². The highest BCUT2D eigenvalue weighted by atomic mass is 14.1. The average molecular weight is 252 g/mol. The monoisotopic (exact) mass is 252 g/mol. The highest BCUT2D eigenvalue weighted by Gasteiger charge is 2.05. The normalized spacial score (nSPS) is 11.1. The molecule has 0 amide bonds. The molecule has 1 aromatic rings. The lowest BCUT2D eigenvalue weighted by molar-refractivity contribution is 0.570. The molecule has 0 spiro atoms. The summed E-state index contributed by atoms with van der Waals surface area (Å²) in [5.74, 6) is 13.0. The van der Waals surface area contributed by atoms with Gasteiger partial charge in [-0.25, -0.2) is 0 Å². The number of aryl methyl sites for hydroxylation is 1. The molecule has 0 aliphatic heterocycles. The van der Waals surface area contributed by atoms with Crippen molar-refractivity contribution >= 4 is 0 Å². The molecular weight excluding hydrogens is 228 g/mol. The van der Waals surface area contributed by atoms with Gasteiger partial charge < -0.3 is 0 Å². The first-order valence-corrected chi connectivity index (χ1v) is 6.73. The molecule has 0 N–H and O–H groups in total. The van der Waals surface area contributed by atoms with Crippen molar-refractivity contribution in [2.75, 3.05) is 0 Å². The van der Waals surface area contributed by atoms with E-state index < -0.39 is 0 Å². The summed E-state index contributed by atoms with van der Waals surface area (Å²) >= 11 is 0. The van der Waals surface area contributed by atoms with Gasteiger partial charge in [-0.15, -0.1) is 0 Å². The largest absolute Gasteiger partial charge is 0.0920 e. The Labute approximate surface area is 118 Å². The predicted octanol–water partition coefficient (Wildman–Crippen LogP) is 4.79. The maximum absolute atomic E-state index is 3.27. The summed E-state index contributed by atoms with van der Waals surface area (Å²) in [5, 5.41) is 0. The van der Waals surface area contributed by atoms with Crippen LogP contribution in [-0.2, 0) is 0 Å². The van der Waals surface area contributed by atoms with Gasteiger partial charge in [-0.05, 0) is 72.2 Å². The predicted molar refractivity (Wildman–Crippen MR) is 83.8 cm³/mol. The Morgan fingerprint density at radius 2 is 1.05 bits per heavy atom. The molecule has 0 saturated heterocycles. The summed E-state index contributed by atoms with van der Waals surface area (Å²) in [6.07, 6.45) is 0. The van der Waals surface area contributed by atoms with E-state index in [2.05, 4.69) is 90.3 Å². The van der Waals surface area contributed by atoms with Crippen LogP contribution in [0.4, 0.5) is 0 Å². The van der Waals surface area contributed by atoms with E-state index in [1.807, 2.05) is 0 Å². The average Bonchev–Trinajstić information content (AvgIpc) is 2.21. The van der Waals surface area contributed by atoms with Crippen molar-refractivity contribution in [2.45, 2.75) is 48.5 Å². The van der Waals surface area contributed by atoms with Gasteiger partial charge in [0.2, 0.25) is 0 Å². The van der Waals surface area contributed by atoms with Crippen LogP contribution in [0.15, 0.2) is 18.2 Å². The second-order valence-corrected chi connectivity index (χ2v) is 7.09. The summed E-state index contributed by atoms with van der Waals surface area (Å²) in [7, 11) is 0. The van der Waals surface area contributed by atoms with Crippen molar-refractivity contribution in [3.8, 4) is 23.7 Å². The van der Waals surface area contributed by atoms with E-state index in [0.717, 1.165) is 11.1 Å². The zero-order valence-corrected chi connectivity index (χ0v) is 13.2. The lowest BCUT2D eigenvalue weighted by atomic mass is 9.96. The molecule has 0 fully saturated rings. The van der Waals surface area contributed by atoms with Crippen LogP contribution in [0.1, 0.15) is 58.2 Å². The van der Waals surface area contributed by atoms with Crippen molar-refractivity contribution < 1.29 is 0 Å². The van der Waals surface area contributed by atoms with Crippen LogP contribution < -0.4 is 0 Å². The Morgan fingerprint density at radius 1 is 0.684 bits per heavy atom. The van der Waals surface area contributed by atoms with Crippen LogP contribution in [0.5, 0.6) is 0 Å². The van der Waals surface area contributed by atoms with Gasteiger partial charge in [0.25, 0.3) is 0 Å². The number of benzene rings is 1. The minimum absolute atomic E-state index is 0.0288. The molecule has 0 heterocycles. The molecule has 1 rings (SSSR count). The molecule has 0 radical (unpaired) electrons. The summed E-state index contributed by atoms with van der Waals surface area (Å²) in [5.41, 5.74) is 3.36. The van der Waals surface area contributed by atoms with Crippen LogP contribution in [-0.4, -0.2) is 0 Å². The van der Waals surface area contributed by atoms with E-state index in [1.165, 1.54) is 5.56 Å². The summed E-state index contributed by atoms with van der Waals surface area (Å²) < 4.78 is 0. The fourth-order valence-corrected chi connectivity index (χ4v) is 1.45. The van der Waals surface area contributed by atoms with E-state index >= 15 is 0 Å². The molecule has 0 saturated carbocycles. The van der Waals surface area contributed by atoms with Crippen LogP contribution in [0.25, 0.3) is 0 Å². The third kappa shape index (κ3) is 6.73. The molecule has 0 aromatic heterocycles. The smallest absolute Gasteiger partial charge is 0.0260 e. The molecule has 0 aliphatic carbocycles. The first kappa shape index (κ1) is 15.4. The van der Waals surface area contributed by atoms with Crippen LogP contribution in [0.3, 0.4) is 0 Å². The minimum atomic E-state index is 0.0288. The van der Waals surface area contributed by atoms with Gasteiger partial charge in [0, 0.05) is 22.0 Å². The van der Waals surface area contributed by atoms with Gasteiger partial charge in [-0.1, -0.05) is 23.7 Å². The molecule has 100 valence electrons. The Morgan fingerprint density at radius 3 is 1.37 bits per heavy atom. The summed E-state index contributed by atoms with van der Waals surface area (Å²) in [6.45, 7) is 14.8. The number of hydrogen-bond donors (Lipinski definition) is 0. The maximum Gasteiger partial charge on any atom is 0.0260 e. The molecule has 19 heavy (non-hydrogen) atoms. The molecule has 0 bridgehead atoms. The fourth-order valence-electron chi connectivity index (χ4n) is 1.45. The summed E-state index contributed by atoms with van der Waals surface area (Å²) in [4.78, 5) is 0. The van der Waals surface area contributed by atoms with E-state index in [-0.39, 0.29) is 10.8 Å². The van der Waals surface area contributed by atoms with Crippen molar-refractivity contribution in [3.05, 3.63) is 34.9 Å². The second-order valence-electron chi connectivity index (χ2n) is 7.09. The lowest BCUT2D eigenvalue weighted by Crippen LogP contribution is -2.00. The van der Waals surface area contributed by atoms with Gasteiger partial charge in [-0.3, -0.25) is 0 Å². The standard InChI is InChI=1S/C19H24/c1-15-12-16(8-10-18(2,3)4)14-17(13-15)9-11-19(5,6)7/h12-14H,1-7H3. The summed E-state index contributed by atoms with van der Waals surface area (Å²) in [6, 6.07) is 6.30. The molecule has 0 aliphatic rings. The molecular formula is C19H24. The van der Waals surface area contributed by atoms with Gasteiger partial charge in [-0.2, -0.15) is 0 Å². The second kappa shape index (κ2) is 5.54. The lowest BCUT2D eigenvalue weighted by Gasteiger charge is -2.08. The van der Waals surface area contributed by atoms with E-state index in [1.54, 1.807) is 0 Å². The van der Waals surface area contributed by atoms with E-state index in [0.29, 0.717) is 0 Å². The molecule has 0 heteroatoms. The van der Waals surface area contributed by atoms with E-state index in [4.69, 9.17) is 0 Å². The van der Waals surface area contributed by atoms with Crippen LogP contribution >= 0.6 is 0 Å². The fraction of sp³-hybridized carbons (Fsp3) is 0.474. The zero-order valence-electron chi connectivity index (χ0n) is 13.2. The Bertz CT molecular complexity index is 517. The number of rotatable bonds is 0. The molecule has 0 atom stereocenters. The Hall–Kier alpha value is -1.66. The van der Waals surface area contributed by atoms with Crippen molar-refractivity contribution in [1.29, 1.82) is 0 Å². The highest BCUT2D eigenvalue weighted by Crippen LogP contribution is 2.14. The minimum Gasteiger partial charge on any atom is -0.0920 e. The van der Waals surface area contributed by atoms with Gasteiger partial charge in [0.1, 0.15) is 0 Å². The van der Waals surface area contributed by atoms with Crippen LogP contribution in [0.2, 0.25) is 0 Å². The number of hydrogen-bond acceptors (Lipinski definition) is 0. The quantitative estimate of drug-likeness (QED) is 0.582. The van der Waals surface area contributed by atoms with Crippen LogP contribution in [0, 0.1) is 41.4 Å². The zero-order chi connectivity index (χ0) is 14.7. The third-order valence-electron chi connectivity index (χ3n) is 2.24. The first-order chi connectivity index (χ1) is 8.55. The van der Waals surface area contributed by atoms with Crippen molar-refractivity contribution in [2.24, 2.45) is 10.8 Å². The van der Waals surface area contributed by atoms with Crippen molar-refractivity contribution in [1.82, 2.24) is 0 Å². The Balaban J connectivity index is 3.13.